The van der Waals surface area contributed by atoms with Gasteiger partial charge in [0.05, 0.1) is 6.61 Å². The molecule has 1 aliphatic rings. The zero-order valence-electron chi connectivity index (χ0n) is 5.60. The Balaban J connectivity index is 2.44. The van der Waals surface area contributed by atoms with Gasteiger partial charge in [0.1, 0.15) is 4.93 Å². The second kappa shape index (κ2) is 1.92. The molecule has 1 nitrogen and oxygen atoms in total. The Bertz CT molecular complexity index is 90.5. The highest BCUT2D eigenvalue weighted by Gasteiger charge is 2.29. The summed E-state index contributed by atoms with van der Waals surface area (Å²) in [5.74, 6) is 0. The van der Waals surface area contributed by atoms with Crippen molar-refractivity contribution < 1.29 is 4.74 Å². The van der Waals surface area contributed by atoms with Gasteiger partial charge in [-0.05, 0) is 13.8 Å². The summed E-state index contributed by atoms with van der Waals surface area (Å²) in [5, 5.41) is 0.685. The largest absolute Gasteiger partial charge is 0.364 e. The summed E-state index contributed by atoms with van der Waals surface area (Å²) >= 11 is 1.90. The minimum atomic E-state index is 0.0828. The van der Waals surface area contributed by atoms with Gasteiger partial charge in [0.25, 0.3) is 0 Å². The third kappa shape index (κ3) is 1.39. The summed E-state index contributed by atoms with van der Waals surface area (Å²) in [5.41, 5.74) is 0. The number of ether oxygens (including phenoxy) is 1. The first kappa shape index (κ1) is 6.43. The first-order chi connectivity index (χ1) is 3.60. The topological polar surface area (TPSA) is 9.23 Å². The molecule has 1 heterocycles. The Kier molecular flexibility index (Phi) is 1.54. The summed E-state index contributed by atoms with van der Waals surface area (Å²) in [4.78, 5) is 0.0828. The monoisotopic (exact) mass is 132 g/mol. The van der Waals surface area contributed by atoms with Gasteiger partial charge in [0, 0.05) is 5.25 Å². The van der Waals surface area contributed by atoms with Crippen molar-refractivity contribution in [2.24, 2.45) is 0 Å². The number of hydrogen-bond acceptors (Lipinski definition) is 2. The Morgan fingerprint density at radius 1 is 1.62 bits per heavy atom. The van der Waals surface area contributed by atoms with Crippen molar-refractivity contribution in [3.05, 3.63) is 0 Å². The zero-order chi connectivity index (χ0) is 6.20. The average molecular weight is 132 g/mol. The number of thioether (sulfide) groups is 1. The normalized spacial score (nSPS) is 35.6. The Morgan fingerprint density at radius 3 is 2.38 bits per heavy atom. The van der Waals surface area contributed by atoms with Crippen molar-refractivity contribution in [1.29, 1.82) is 0 Å². The van der Waals surface area contributed by atoms with Crippen LogP contribution in [0.1, 0.15) is 20.8 Å². The minimum absolute atomic E-state index is 0.0828. The van der Waals surface area contributed by atoms with E-state index in [-0.39, 0.29) is 4.93 Å². The highest BCUT2D eigenvalue weighted by molar-refractivity contribution is 8.01. The molecule has 0 aliphatic carbocycles. The molecule has 1 aliphatic heterocycles. The molecule has 0 bridgehead atoms. The van der Waals surface area contributed by atoms with E-state index >= 15 is 0 Å². The molecule has 1 fully saturated rings. The third-order valence-electron chi connectivity index (χ3n) is 1.15. The van der Waals surface area contributed by atoms with Crippen molar-refractivity contribution in [2.75, 3.05) is 6.61 Å². The van der Waals surface area contributed by atoms with Gasteiger partial charge in [-0.15, -0.1) is 11.8 Å². The van der Waals surface area contributed by atoms with E-state index in [2.05, 4.69) is 20.8 Å². The molecule has 0 saturated carbocycles. The van der Waals surface area contributed by atoms with Crippen LogP contribution in [0.3, 0.4) is 0 Å². The standard InChI is InChI=1S/C6H12OS/c1-5-4-7-6(2,3)8-5/h5H,4H2,1-3H3/t5-/m1/s1. The van der Waals surface area contributed by atoms with Crippen LogP contribution in [0.4, 0.5) is 0 Å². The molecular formula is C6H12OS. The Labute approximate surface area is 54.8 Å². The maximum Gasteiger partial charge on any atom is 0.108 e. The van der Waals surface area contributed by atoms with Gasteiger partial charge in [0.2, 0.25) is 0 Å². The van der Waals surface area contributed by atoms with Gasteiger partial charge in [-0.2, -0.15) is 0 Å². The predicted octanol–water partition coefficient (Wildman–Crippen LogP) is 1.87. The van der Waals surface area contributed by atoms with Gasteiger partial charge in [-0.25, -0.2) is 0 Å². The molecular weight excluding hydrogens is 120 g/mol. The zero-order valence-corrected chi connectivity index (χ0v) is 6.42. The summed E-state index contributed by atoms with van der Waals surface area (Å²) in [6.07, 6.45) is 0. The van der Waals surface area contributed by atoms with E-state index in [0.717, 1.165) is 6.61 Å². The van der Waals surface area contributed by atoms with Crippen LogP contribution in [0.5, 0.6) is 0 Å². The molecule has 0 radical (unpaired) electrons. The lowest BCUT2D eigenvalue weighted by Crippen LogP contribution is -2.11. The molecule has 0 aromatic carbocycles. The van der Waals surface area contributed by atoms with Crippen LogP contribution in [0.2, 0.25) is 0 Å². The third-order valence-corrected chi connectivity index (χ3v) is 2.37. The molecule has 0 aromatic rings. The molecule has 0 unspecified atom stereocenters. The van der Waals surface area contributed by atoms with E-state index in [1.807, 2.05) is 11.8 Å². The molecule has 0 aromatic heterocycles. The minimum Gasteiger partial charge on any atom is -0.364 e. The smallest absolute Gasteiger partial charge is 0.108 e. The van der Waals surface area contributed by atoms with Crippen molar-refractivity contribution in [3.8, 4) is 0 Å². The first-order valence-electron chi connectivity index (χ1n) is 2.92. The maximum atomic E-state index is 5.42. The van der Waals surface area contributed by atoms with Gasteiger partial charge < -0.3 is 4.74 Å². The molecule has 0 N–H and O–H groups in total. The van der Waals surface area contributed by atoms with E-state index < -0.39 is 0 Å². The highest BCUT2D eigenvalue weighted by Crippen LogP contribution is 2.36. The molecule has 1 saturated heterocycles. The average Bonchev–Trinajstić information content (AvgIpc) is 1.82. The van der Waals surface area contributed by atoms with Crippen LogP contribution in [0, 0.1) is 0 Å². The Morgan fingerprint density at radius 2 is 2.25 bits per heavy atom. The number of rotatable bonds is 0. The lowest BCUT2D eigenvalue weighted by molar-refractivity contribution is 0.0745. The van der Waals surface area contributed by atoms with Gasteiger partial charge in [-0.1, -0.05) is 6.92 Å². The molecule has 0 spiro atoms. The van der Waals surface area contributed by atoms with Crippen molar-refractivity contribution >= 4 is 11.8 Å². The second-order valence-corrected chi connectivity index (χ2v) is 4.66. The molecule has 48 valence electrons. The SMILES string of the molecule is C[C@@H]1COC(C)(C)S1. The van der Waals surface area contributed by atoms with Crippen LogP contribution in [0.15, 0.2) is 0 Å². The molecule has 1 rings (SSSR count). The van der Waals surface area contributed by atoms with Crippen LogP contribution in [-0.4, -0.2) is 16.8 Å². The second-order valence-electron chi connectivity index (χ2n) is 2.64. The predicted molar refractivity (Wildman–Crippen MR) is 37.1 cm³/mol. The van der Waals surface area contributed by atoms with Gasteiger partial charge in [-0.3, -0.25) is 0 Å². The lowest BCUT2D eigenvalue weighted by Gasteiger charge is -2.13. The fourth-order valence-electron chi connectivity index (χ4n) is 0.871. The molecule has 8 heavy (non-hydrogen) atoms. The molecule has 1 atom stereocenters. The van der Waals surface area contributed by atoms with E-state index in [0.29, 0.717) is 5.25 Å². The molecule has 2 heteroatoms. The maximum absolute atomic E-state index is 5.42. The van der Waals surface area contributed by atoms with Crippen LogP contribution < -0.4 is 0 Å². The highest BCUT2D eigenvalue weighted by atomic mass is 32.2. The van der Waals surface area contributed by atoms with Crippen LogP contribution in [0.25, 0.3) is 0 Å². The summed E-state index contributed by atoms with van der Waals surface area (Å²) < 4.78 is 5.42. The number of hydrogen-bond donors (Lipinski definition) is 0. The van der Waals surface area contributed by atoms with Crippen LogP contribution >= 0.6 is 11.8 Å². The van der Waals surface area contributed by atoms with E-state index in [1.165, 1.54) is 0 Å². The quantitative estimate of drug-likeness (QED) is 0.497. The van der Waals surface area contributed by atoms with Gasteiger partial charge >= 0.3 is 0 Å². The fraction of sp³-hybridized carbons (Fsp3) is 1.00. The van der Waals surface area contributed by atoms with Crippen molar-refractivity contribution in [3.63, 3.8) is 0 Å². The fourth-order valence-corrected chi connectivity index (χ4v) is 2.11. The van der Waals surface area contributed by atoms with E-state index in [9.17, 15) is 0 Å². The summed E-state index contributed by atoms with van der Waals surface area (Å²) in [7, 11) is 0. The lowest BCUT2D eigenvalue weighted by atomic mass is 10.4. The van der Waals surface area contributed by atoms with E-state index in [1.54, 1.807) is 0 Å². The summed E-state index contributed by atoms with van der Waals surface area (Å²) in [6.45, 7) is 7.33. The summed E-state index contributed by atoms with van der Waals surface area (Å²) in [6, 6.07) is 0. The Hall–Kier alpha value is 0.310. The van der Waals surface area contributed by atoms with Crippen molar-refractivity contribution in [1.82, 2.24) is 0 Å². The van der Waals surface area contributed by atoms with Crippen molar-refractivity contribution in [2.45, 2.75) is 31.0 Å². The molecule has 0 amide bonds. The first-order valence-corrected chi connectivity index (χ1v) is 3.80. The van der Waals surface area contributed by atoms with Gasteiger partial charge in [0.15, 0.2) is 0 Å². The van der Waals surface area contributed by atoms with Crippen LogP contribution in [-0.2, 0) is 4.74 Å². The van der Waals surface area contributed by atoms with E-state index in [4.69, 9.17) is 4.74 Å².